The van der Waals surface area contributed by atoms with Gasteiger partial charge in [0.2, 0.25) is 5.91 Å². The van der Waals surface area contributed by atoms with Gasteiger partial charge in [-0.3, -0.25) is 9.78 Å². The number of fused-ring (bicyclic) bond motifs is 1. The fraction of sp³-hybridized carbons (Fsp3) is 0.316. The second-order valence-electron chi connectivity index (χ2n) is 6.53. The van der Waals surface area contributed by atoms with Crippen molar-refractivity contribution in [3.05, 3.63) is 52.5 Å². The minimum absolute atomic E-state index is 0.174. The largest absolute Gasteiger partial charge is 0.358 e. The summed E-state index contributed by atoms with van der Waals surface area (Å²) in [5.41, 5.74) is 3.22. The Morgan fingerprint density at radius 1 is 1.23 bits per heavy atom. The Morgan fingerprint density at radius 2 is 2.04 bits per heavy atom. The highest BCUT2D eigenvalue weighted by Crippen LogP contribution is 2.26. The molecule has 3 heterocycles. The number of aromatic amines is 1. The van der Waals surface area contributed by atoms with Crippen LogP contribution in [0.3, 0.4) is 0 Å². The van der Waals surface area contributed by atoms with Crippen molar-refractivity contribution in [1.29, 1.82) is 0 Å². The zero-order chi connectivity index (χ0) is 18.1. The smallest absolute Gasteiger partial charge is 0.227 e. The van der Waals surface area contributed by atoms with Gasteiger partial charge in [0, 0.05) is 59.6 Å². The van der Waals surface area contributed by atoms with Crippen LogP contribution < -0.4 is 4.90 Å². The number of hydrogen-bond acceptors (Lipinski definition) is 4. The van der Waals surface area contributed by atoms with Gasteiger partial charge in [0.05, 0.1) is 12.6 Å². The van der Waals surface area contributed by atoms with E-state index >= 15 is 0 Å². The van der Waals surface area contributed by atoms with Crippen molar-refractivity contribution >= 4 is 38.6 Å². The number of piperazine rings is 1. The van der Waals surface area contributed by atoms with E-state index in [0.29, 0.717) is 19.5 Å². The van der Waals surface area contributed by atoms with E-state index in [2.05, 4.69) is 41.8 Å². The summed E-state index contributed by atoms with van der Waals surface area (Å²) in [6.07, 6.45) is 5.56. The molecule has 0 unspecified atom stereocenters. The monoisotopic (exact) mass is 413 g/mol. The van der Waals surface area contributed by atoms with E-state index in [4.69, 9.17) is 0 Å². The molecule has 1 amide bonds. The van der Waals surface area contributed by atoms with Crippen molar-refractivity contribution < 1.29 is 4.79 Å². The number of rotatable bonds is 3. The lowest BCUT2D eigenvalue weighted by molar-refractivity contribution is -0.130. The lowest BCUT2D eigenvalue weighted by atomic mass is 10.1. The molecule has 7 heteroatoms. The number of nitrogens with zero attached hydrogens (tertiary/aromatic N) is 4. The maximum Gasteiger partial charge on any atom is 0.227 e. The van der Waals surface area contributed by atoms with Gasteiger partial charge in [-0.2, -0.15) is 0 Å². The number of nitrogens with one attached hydrogen (secondary N) is 1. The van der Waals surface area contributed by atoms with Gasteiger partial charge in [-0.15, -0.1) is 0 Å². The highest BCUT2D eigenvalue weighted by Gasteiger charge is 2.23. The summed E-state index contributed by atoms with van der Waals surface area (Å²) in [5.74, 6) is 1.05. The number of halogens is 1. The fourth-order valence-electron chi connectivity index (χ4n) is 3.48. The molecular weight excluding hydrogens is 394 g/mol. The Hall–Kier alpha value is -2.41. The second kappa shape index (κ2) is 7.07. The SMILES string of the molecule is Cc1[nH]c2ccc(Br)cc2c1CC(=O)N1CCN(c2cnccn2)CC1. The molecule has 0 radical (unpaired) electrons. The van der Waals surface area contributed by atoms with Crippen molar-refractivity contribution in [2.75, 3.05) is 31.1 Å². The molecule has 2 aromatic heterocycles. The van der Waals surface area contributed by atoms with Crippen molar-refractivity contribution in [1.82, 2.24) is 19.9 Å². The van der Waals surface area contributed by atoms with Crippen LogP contribution in [0.4, 0.5) is 5.82 Å². The van der Waals surface area contributed by atoms with E-state index in [1.807, 2.05) is 24.0 Å². The fourth-order valence-corrected chi connectivity index (χ4v) is 3.85. The molecule has 134 valence electrons. The lowest BCUT2D eigenvalue weighted by Gasteiger charge is -2.35. The van der Waals surface area contributed by atoms with Crippen LogP contribution in [0.25, 0.3) is 10.9 Å². The van der Waals surface area contributed by atoms with Gasteiger partial charge in [-0.05, 0) is 30.7 Å². The average molecular weight is 414 g/mol. The summed E-state index contributed by atoms with van der Waals surface area (Å²) in [4.78, 5) is 28.8. The molecule has 0 atom stereocenters. The predicted octanol–water partition coefficient (Wildman–Crippen LogP) is 2.92. The molecule has 0 bridgehead atoms. The number of hydrogen-bond donors (Lipinski definition) is 1. The molecule has 1 fully saturated rings. The Morgan fingerprint density at radius 3 is 2.77 bits per heavy atom. The number of amides is 1. The van der Waals surface area contributed by atoms with Crippen molar-refractivity contribution in [2.24, 2.45) is 0 Å². The van der Waals surface area contributed by atoms with Crippen LogP contribution in [0.2, 0.25) is 0 Å². The van der Waals surface area contributed by atoms with Crippen molar-refractivity contribution in [2.45, 2.75) is 13.3 Å². The first-order chi connectivity index (χ1) is 12.6. The zero-order valence-electron chi connectivity index (χ0n) is 14.6. The van der Waals surface area contributed by atoms with Gasteiger partial charge in [-0.25, -0.2) is 4.98 Å². The number of benzene rings is 1. The topological polar surface area (TPSA) is 65.1 Å². The van der Waals surface area contributed by atoms with Crippen LogP contribution in [-0.4, -0.2) is 51.9 Å². The number of anilines is 1. The van der Waals surface area contributed by atoms with Gasteiger partial charge < -0.3 is 14.8 Å². The van der Waals surface area contributed by atoms with E-state index in [1.54, 1.807) is 18.6 Å². The standard InChI is InChI=1S/C19H20BrN5O/c1-13-15(16-10-14(20)2-3-17(16)23-13)11-19(26)25-8-6-24(7-9-25)18-12-21-4-5-22-18/h2-5,10,12,23H,6-9,11H2,1H3. The summed E-state index contributed by atoms with van der Waals surface area (Å²) in [7, 11) is 0. The Balaban J connectivity index is 1.45. The zero-order valence-corrected chi connectivity index (χ0v) is 16.2. The van der Waals surface area contributed by atoms with Crippen LogP contribution in [0.5, 0.6) is 0 Å². The van der Waals surface area contributed by atoms with Crippen LogP contribution >= 0.6 is 15.9 Å². The summed E-state index contributed by atoms with van der Waals surface area (Å²) in [5, 5.41) is 1.11. The molecule has 1 saturated heterocycles. The van der Waals surface area contributed by atoms with Gasteiger partial charge in [0.15, 0.2) is 0 Å². The highest BCUT2D eigenvalue weighted by molar-refractivity contribution is 9.10. The minimum Gasteiger partial charge on any atom is -0.358 e. The second-order valence-corrected chi connectivity index (χ2v) is 7.44. The summed E-state index contributed by atoms with van der Waals surface area (Å²) < 4.78 is 1.02. The summed E-state index contributed by atoms with van der Waals surface area (Å²) >= 11 is 3.52. The maximum atomic E-state index is 12.8. The molecule has 6 nitrogen and oxygen atoms in total. The third kappa shape index (κ3) is 3.31. The Kier molecular flexibility index (Phi) is 4.63. The molecule has 1 aromatic carbocycles. The van der Waals surface area contributed by atoms with Gasteiger partial charge in [0.1, 0.15) is 5.82 Å². The molecule has 3 aromatic rings. The van der Waals surface area contributed by atoms with E-state index < -0.39 is 0 Å². The van der Waals surface area contributed by atoms with Gasteiger partial charge in [-0.1, -0.05) is 15.9 Å². The summed E-state index contributed by atoms with van der Waals surface area (Å²) in [6, 6.07) is 6.13. The third-order valence-electron chi connectivity index (χ3n) is 4.92. The molecular formula is C19H20BrN5O. The third-order valence-corrected chi connectivity index (χ3v) is 5.41. The van der Waals surface area contributed by atoms with Crippen LogP contribution in [0, 0.1) is 6.92 Å². The van der Waals surface area contributed by atoms with E-state index in [1.165, 1.54) is 0 Å². The van der Waals surface area contributed by atoms with Crippen molar-refractivity contribution in [3.8, 4) is 0 Å². The van der Waals surface area contributed by atoms with Gasteiger partial charge in [0.25, 0.3) is 0 Å². The Bertz CT molecular complexity index is 932. The number of aryl methyl sites for hydroxylation is 1. The number of H-pyrrole nitrogens is 1. The number of aromatic nitrogens is 3. The van der Waals surface area contributed by atoms with Gasteiger partial charge >= 0.3 is 0 Å². The molecule has 1 N–H and O–H groups in total. The summed E-state index contributed by atoms with van der Waals surface area (Å²) in [6.45, 7) is 5.01. The van der Waals surface area contributed by atoms with Crippen LogP contribution in [-0.2, 0) is 11.2 Å². The normalized spacial score (nSPS) is 14.8. The predicted molar refractivity (Wildman–Crippen MR) is 105 cm³/mol. The molecule has 0 saturated carbocycles. The average Bonchev–Trinajstić information content (AvgIpc) is 2.97. The first-order valence-electron chi connectivity index (χ1n) is 8.67. The van der Waals surface area contributed by atoms with E-state index in [0.717, 1.165) is 45.5 Å². The number of carbonyl (C=O) groups is 1. The molecule has 0 spiro atoms. The maximum absolute atomic E-state index is 12.8. The lowest BCUT2D eigenvalue weighted by Crippen LogP contribution is -2.49. The van der Waals surface area contributed by atoms with Crippen LogP contribution in [0.15, 0.2) is 41.3 Å². The quantitative estimate of drug-likeness (QED) is 0.716. The minimum atomic E-state index is 0.174. The van der Waals surface area contributed by atoms with E-state index in [9.17, 15) is 4.79 Å². The highest BCUT2D eigenvalue weighted by atomic mass is 79.9. The first kappa shape index (κ1) is 17.0. The van der Waals surface area contributed by atoms with Crippen molar-refractivity contribution in [3.63, 3.8) is 0 Å². The molecule has 4 rings (SSSR count). The molecule has 0 aliphatic carbocycles. The Labute approximate surface area is 160 Å². The van der Waals surface area contributed by atoms with Crippen LogP contribution in [0.1, 0.15) is 11.3 Å². The molecule has 26 heavy (non-hydrogen) atoms. The van der Waals surface area contributed by atoms with E-state index in [-0.39, 0.29) is 5.91 Å². The first-order valence-corrected chi connectivity index (χ1v) is 9.46. The number of carbonyl (C=O) groups excluding carboxylic acids is 1. The molecule has 1 aliphatic rings. The molecule has 1 aliphatic heterocycles.